The van der Waals surface area contributed by atoms with Crippen LogP contribution >= 0.6 is 0 Å². The number of aliphatic imine (C=N–C) groups is 1. The molecule has 3 atom stereocenters. The molecule has 0 N–H and O–H groups in total. The number of carbonyl (C=O) groups excluding carboxylic acids is 1. The number of halogens is 3. The van der Waals surface area contributed by atoms with Crippen molar-refractivity contribution in [3.63, 3.8) is 0 Å². The van der Waals surface area contributed by atoms with Gasteiger partial charge in [-0.3, -0.25) is 0 Å². The number of alkyl halides is 3. The number of ether oxygens (including phenoxy) is 1. The summed E-state index contributed by atoms with van der Waals surface area (Å²) in [6.45, 7) is 1.39. The summed E-state index contributed by atoms with van der Waals surface area (Å²) in [5.74, 6) is -3.69. The summed E-state index contributed by atoms with van der Waals surface area (Å²) in [6, 6.07) is 8.16. The lowest BCUT2D eigenvalue weighted by Gasteiger charge is -2.05. The lowest BCUT2D eigenvalue weighted by molar-refractivity contribution is -0.159. The molecule has 6 heteroatoms. The van der Waals surface area contributed by atoms with Gasteiger partial charge in [-0.05, 0) is 5.56 Å². The van der Waals surface area contributed by atoms with Crippen LogP contribution in [0.1, 0.15) is 18.4 Å². The van der Waals surface area contributed by atoms with Crippen LogP contribution in [0.2, 0.25) is 0 Å². The maximum atomic E-state index is 13.1. The van der Waals surface area contributed by atoms with E-state index in [1.165, 1.54) is 6.92 Å². The molecular formula is C13H10F3NO2. The minimum atomic E-state index is -4.48. The minimum Gasteiger partial charge on any atom is -0.410 e. The van der Waals surface area contributed by atoms with Gasteiger partial charge < -0.3 is 4.74 Å². The number of hydrogen-bond donors (Lipinski definition) is 0. The number of nitrogens with zero attached hydrogens (tertiary/aromatic N) is 1. The second-order valence-electron chi connectivity index (χ2n) is 4.75. The number of esters is 1. The third-order valence-corrected chi connectivity index (χ3v) is 3.59. The smallest absolute Gasteiger partial charge is 0.395 e. The summed E-state index contributed by atoms with van der Waals surface area (Å²) in [7, 11) is 0. The predicted octanol–water partition coefficient (Wildman–Crippen LogP) is 2.68. The van der Waals surface area contributed by atoms with E-state index in [-0.39, 0.29) is 5.90 Å². The molecule has 2 aliphatic rings. The number of benzene rings is 1. The van der Waals surface area contributed by atoms with E-state index in [0.29, 0.717) is 5.56 Å². The van der Waals surface area contributed by atoms with E-state index in [9.17, 15) is 18.0 Å². The average molecular weight is 269 g/mol. The van der Waals surface area contributed by atoms with Crippen molar-refractivity contribution >= 4 is 11.9 Å². The number of hydrogen-bond acceptors (Lipinski definition) is 3. The lowest BCUT2D eigenvalue weighted by Crippen LogP contribution is -2.26. The van der Waals surface area contributed by atoms with E-state index in [4.69, 9.17) is 4.74 Å². The van der Waals surface area contributed by atoms with Crippen molar-refractivity contribution in [2.24, 2.45) is 10.9 Å². The van der Waals surface area contributed by atoms with E-state index >= 15 is 0 Å². The van der Waals surface area contributed by atoms with Crippen molar-refractivity contribution in [2.45, 2.75) is 24.6 Å². The first-order chi connectivity index (χ1) is 8.87. The fourth-order valence-electron chi connectivity index (χ4n) is 2.86. The predicted molar refractivity (Wildman–Crippen MR) is 60.7 cm³/mol. The molecule has 1 aromatic carbocycles. The van der Waals surface area contributed by atoms with Gasteiger partial charge in [0.05, 0.1) is 0 Å². The van der Waals surface area contributed by atoms with Crippen LogP contribution in [0.4, 0.5) is 13.2 Å². The number of cyclic esters (lactones) is 1. The zero-order chi connectivity index (χ0) is 13.8. The van der Waals surface area contributed by atoms with Gasteiger partial charge in [-0.1, -0.05) is 30.3 Å². The van der Waals surface area contributed by atoms with Crippen molar-refractivity contribution in [1.29, 1.82) is 0 Å². The fraction of sp³-hybridized carbons (Fsp3) is 0.385. The van der Waals surface area contributed by atoms with E-state index < -0.39 is 29.5 Å². The molecule has 0 unspecified atom stereocenters. The molecule has 1 saturated carbocycles. The Labute approximate surface area is 107 Å². The van der Waals surface area contributed by atoms with E-state index in [1.807, 2.05) is 0 Å². The SMILES string of the molecule is CC1=N[C@]2(C(=O)O1)[C@H](c1ccccc1)[C@H]2C(F)(F)F. The van der Waals surface area contributed by atoms with Crippen LogP contribution in [0.15, 0.2) is 35.3 Å². The molecule has 19 heavy (non-hydrogen) atoms. The molecule has 3 rings (SSSR count). The Kier molecular flexibility index (Phi) is 2.30. The van der Waals surface area contributed by atoms with Gasteiger partial charge in [-0.15, -0.1) is 0 Å². The van der Waals surface area contributed by atoms with E-state index in [0.717, 1.165) is 0 Å². The van der Waals surface area contributed by atoms with Gasteiger partial charge in [-0.2, -0.15) is 13.2 Å². The summed E-state index contributed by atoms with van der Waals surface area (Å²) >= 11 is 0. The third kappa shape index (κ3) is 1.59. The molecule has 1 aliphatic carbocycles. The highest BCUT2D eigenvalue weighted by molar-refractivity contribution is 6.03. The fourth-order valence-corrected chi connectivity index (χ4v) is 2.86. The Morgan fingerprint density at radius 3 is 2.37 bits per heavy atom. The lowest BCUT2D eigenvalue weighted by atomic mass is 10.1. The number of rotatable bonds is 1. The van der Waals surface area contributed by atoms with Crippen molar-refractivity contribution < 1.29 is 22.7 Å². The van der Waals surface area contributed by atoms with Crippen molar-refractivity contribution in [3.8, 4) is 0 Å². The molecule has 1 fully saturated rings. The zero-order valence-electron chi connectivity index (χ0n) is 9.94. The highest BCUT2D eigenvalue weighted by Gasteiger charge is 2.82. The van der Waals surface area contributed by atoms with E-state index in [1.54, 1.807) is 30.3 Å². The van der Waals surface area contributed by atoms with Crippen LogP contribution in [0.5, 0.6) is 0 Å². The second kappa shape index (κ2) is 3.59. The summed E-state index contributed by atoms with van der Waals surface area (Å²) in [5, 5.41) is 0. The Morgan fingerprint density at radius 2 is 1.89 bits per heavy atom. The molecule has 0 aromatic heterocycles. The first kappa shape index (κ1) is 12.2. The van der Waals surface area contributed by atoms with Crippen LogP contribution in [-0.4, -0.2) is 23.6 Å². The van der Waals surface area contributed by atoms with Crippen LogP contribution < -0.4 is 0 Å². The molecule has 100 valence electrons. The van der Waals surface area contributed by atoms with Gasteiger partial charge in [-0.25, -0.2) is 9.79 Å². The molecule has 1 aromatic rings. The molecule has 0 saturated heterocycles. The maximum Gasteiger partial charge on any atom is 0.395 e. The zero-order valence-corrected chi connectivity index (χ0v) is 9.94. The van der Waals surface area contributed by atoms with E-state index in [2.05, 4.69) is 4.99 Å². The molecule has 1 spiro atoms. The standard InChI is InChI=1S/C13H10F3NO2/c1-7-17-12(11(18)19-7)9(10(12)13(14,15)16)8-5-3-2-4-6-8/h2-6,9-10H,1H3/t9-,10-,12-/m1/s1. The number of carbonyl (C=O) groups is 1. The van der Waals surface area contributed by atoms with Gasteiger partial charge >= 0.3 is 12.1 Å². The first-order valence-electron chi connectivity index (χ1n) is 5.78. The molecule has 1 aliphatic heterocycles. The van der Waals surface area contributed by atoms with Crippen molar-refractivity contribution in [3.05, 3.63) is 35.9 Å². The monoisotopic (exact) mass is 269 g/mol. The molecule has 0 radical (unpaired) electrons. The Hall–Kier alpha value is -1.85. The molecule has 0 amide bonds. The summed E-state index contributed by atoms with van der Waals surface area (Å²) in [5.41, 5.74) is -1.34. The summed E-state index contributed by atoms with van der Waals surface area (Å²) in [6.07, 6.45) is -4.48. The topological polar surface area (TPSA) is 38.7 Å². The Balaban J connectivity index is 2.07. The summed E-state index contributed by atoms with van der Waals surface area (Å²) < 4.78 is 44.0. The normalized spacial score (nSPS) is 33.3. The molecular weight excluding hydrogens is 259 g/mol. The van der Waals surface area contributed by atoms with Crippen LogP contribution in [0, 0.1) is 5.92 Å². The van der Waals surface area contributed by atoms with Crippen molar-refractivity contribution in [2.75, 3.05) is 0 Å². The molecule has 3 nitrogen and oxygen atoms in total. The quantitative estimate of drug-likeness (QED) is 0.735. The maximum absolute atomic E-state index is 13.1. The molecule has 1 heterocycles. The van der Waals surface area contributed by atoms with Gasteiger partial charge in [0.2, 0.25) is 0 Å². The minimum absolute atomic E-state index is 0.00215. The Bertz CT molecular complexity index is 567. The molecule has 0 bridgehead atoms. The third-order valence-electron chi connectivity index (χ3n) is 3.59. The first-order valence-corrected chi connectivity index (χ1v) is 5.78. The van der Waals surface area contributed by atoms with Gasteiger partial charge in [0.25, 0.3) is 0 Å². The summed E-state index contributed by atoms with van der Waals surface area (Å²) in [4.78, 5) is 15.6. The van der Waals surface area contributed by atoms with Gasteiger partial charge in [0.1, 0.15) is 5.92 Å². The average Bonchev–Trinajstić information content (AvgIpc) is 2.91. The largest absolute Gasteiger partial charge is 0.410 e. The highest BCUT2D eigenvalue weighted by atomic mass is 19.4. The van der Waals surface area contributed by atoms with Crippen LogP contribution in [0.3, 0.4) is 0 Å². The van der Waals surface area contributed by atoms with Crippen LogP contribution in [-0.2, 0) is 9.53 Å². The van der Waals surface area contributed by atoms with Crippen LogP contribution in [0.25, 0.3) is 0 Å². The van der Waals surface area contributed by atoms with Crippen molar-refractivity contribution in [1.82, 2.24) is 0 Å². The van der Waals surface area contributed by atoms with Gasteiger partial charge in [0.15, 0.2) is 11.4 Å². The Morgan fingerprint density at radius 1 is 1.26 bits per heavy atom. The second-order valence-corrected chi connectivity index (χ2v) is 4.75. The van der Waals surface area contributed by atoms with Gasteiger partial charge in [0, 0.05) is 12.8 Å². The highest BCUT2D eigenvalue weighted by Crippen LogP contribution is 2.68.